The molecule has 2 aromatic rings. The molecule has 6 nitrogen and oxygen atoms in total. The maximum absolute atomic E-state index is 12.7. The van der Waals surface area contributed by atoms with Crippen molar-refractivity contribution in [1.82, 2.24) is 15.0 Å². The van der Waals surface area contributed by atoms with Gasteiger partial charge in [0.15, 0.2) is 5.69 Å². The summed E-state index contributed by atoms with van der Waals surface area (Å²) in [6, 6.07) is 5.68. The van der Waals surface area contributed by atoms with Gasteiger partial charge in [-0.15, -0.1) is 0 Å². The van der Waals surface area contributed by atoms with Crippen LogP contribution < -0.4 is 4.90 Å². The first-order valence-electron chi connectivity index (χ1n) is 8.12. The molecule has 0 atom stereocenters. The van der Waals surface area contributed by atoms with Crippen molar-refractivity contribution in [3.8, 4) is 0 Å². The fourth-order valence-corrected chi connectivity index (χ4v) is 3.06. The molecule has 1 saturated carbocycles. The molecule has 1 aliphatic carbocycles. The van der Waals surface area contributed by atoms with Gasteiger partial charge in [-0.25, -0.2) is 4.98 Å². The largest absolute Gasteiger partial charge is 0.361 e. The summed E-state index contributed by atoms with van der Waals surface area (Å²) in [5.74, 6) is 2.38. The van der Waals surface area contributed by atoms with E-state index < -0.39 is 0 Å². The van der Waals surface area contributed by atoms with Gasteiger partial charge in [0.1, 0.15) is 11.6 Å². The summed E-state index contributed by atoms with van der Waals surface area (Å²) in [7, 11) is 0. The summed E-state index contributed by atoms with van der Waals surface area (Å²) in [4.78, 5) is 21.4. The molecule has 1 fully saturated rings. The number of hydrogen-bond acceptors (Lipinski definition) is 5. The van der Waals surface area contributed by atoms with E-state index in [-0.39, 0.29) is 5.91 Å². The zero-order valence-corrected chi connectivity index (χ0v) is 13.2. The Kier molecular flexibility index (Phi) is 3.52. The summed E-state index contributed by atoms with van der Waals surface area (Å²) in [6.45, 7) is 4.88. The maximum Gasteiger partial charge on any atom is 0.276 e. The molecule has 4 rings (SSSR count). The molecule has 0 aromatic carbocycles. The Morgan fingerprint density at radius 3 is 3.00 bits per heavy atom. The van der Waals surface area contributed by atoms with Crippen molar-refractivity contribution in [2.75, 3.05) is 24.5 Å². The van der Waals surface area contributed by atoms with Crippen LogP contribution in [-0.4, -0.2) is 40.6 Å². The lowest BCUT2D eigenvalue weighted by Crippen LogP contribution is -2.36. The molecule has 23 heavy (non-hydrogen) atoms. The summed E-state index contributed by atoms with van der Waals surface area (Å²) in [6.07, 6.45) is 4.44. The minimum atomic E-state index is -0.0788. The smallest absolute Gasteiger partial charge is 0.276 e. The Hall–Kier alpha value is -2.37. The van der Waals surface area contributed by atoms with Gasteiger partial charge in [-0.2, -0.15) is 0 Å². The SMILES string of the molecule is Cc1cc(C(=O)N2CCN(CC3CC3)c3ncccc3C2)no1. The van der Waals surface area contributed by atoms with Crippen molar-refractivity contribution in [3.05, 3.63) is 41.4 Å². The van der Waals surface area contributed by atoms with Gasteiger partial charge < -0.3 is 14.3 Å². The first-order chi connectivity index (χ1) is 11.2. The number of amides is 1. The molecule has 0 bridgehead atoms. The molecule has 1 aliphatic heterocycles. The van der Waals surface area contributed by atoms with E-state index in [1.807, 2.05) is 17.2 Å². The second-order valence-electron chi connectivity index (χ2n) is 6.43. The number of hydrogen-bond donors (Lipinski definition) is 0. The molecule has 2 aliphatic rings. The summed E-state index contributed by atoms with van der Waals surface area (Å²) in [5, 5.41) is 3.86. The van der Waals surface area contributed by atoms with E-state index in [4.69, 9.17) is 4.52 Å². The average Bonchev–Trinajstić information content (AvgIpc) is 3.31. The van der Waals surface area contributed by atoms with Crippen LogP contribution in [0.3, 0.4) is 0 Å². The summed E-state index contributed by atoms with van der Waals surface area (Å²) < 4.78 is 5.04. The Bertz CT molecular complexity index is 723. The average molecular weight is 312 g/mol. The molecule has 120 valence electrons. The third-order valence-corrected chi connectivity index (χ3v) is 4.48. The normalized spacial score (nSPS) is 17.8. The second-order valence-corrected chi connectivity index (χ2v) is 6.43. The Morgan fingerprint density at radius 2 is 2.26 bits per heavy atom. The summed E-state index contributed by atoms with van der Waals surface area (Å²) in [5.41, 5.74) is 1.47. The molecule has 0 N–H and O–H groups in total. The van der Waals surface area contributed by atoms with Crippen molar-refractivity contribution in [3.63, 3.8) is 0 Å². The third-order valence-electron chi connectivity index (χ3n) is 4.48. The highest BCUT2D eigenvalue weighted by Gasteiger charge is 2.30. The van der Waals surface area contributed by atoms with Gasteiger partial charge in [-0.05, 0) is 31.7 Å². The first kappa shape index (κ1) is 14.2. The van der Waals surface area contributed by atoms with Crippen LogP contribution in [0.25, 0.3) is 0 Å². The lowest BCUT2D eigenvalue weighted by atomic mass is 10.2. The van der Waals surface area contributed by atoms with Crippen LogP contribution in [0, 0.1) is 12.8 Å². The predicted octanol–water partition coefficient (Wildman–Crippen LogP) is 2.25. The molecule has 1 amide bonds. The molecule has 0 radical (unpaired) electrons. The minimum absolute atomic E-state index is 0.0788. The quantitative estimate of drug-likeness (QED) is 0.870. The highest BCUT2D eigenvalue weighted by atomic mass is 16.5. The van der Waals surface area contributed by atoms with Crippen LogP contribution in [-0.2, 0) is 6.54 Å². The first-order valence-corrected chi connectivity index (χ1v) is 8.12. The highest BCUT2D eigenvalue weighted by molar-refractivity contribution is 5.92. The molecule has 0 unspecified atom stereocenters. The van der Waals surface area contributed by atoms with E-state index in [0.717, 1.165) is 30.4 Å². The van der Waals surface area contributed by atoms with E-state index in [1.54, 1.807) is 13.0 Å². The van der Waals surface area contributed by atoms with Gasteiger partial charge in [0.25, 0.3) is 5.91 Å². The lowest BCUT2D eigenvalue weighted by molar-refractivity contribution is 0.0741. The molecule has 0 saturated heterocycles. The zero-order valence-electron chi connectivity index (χ0n) is 13.2. The van der Waals surface area contributed by atoms with Crippen LogP contribution in [0.4, 0.5) is 5.82 Å². The van der Waals surface area contributed by atoms with Crippen molar-refractivity contribution in [1.29, 1.82) is 0 Å². The standard InChI is InChI=1S/C17H20N4O2/c1-12-9-15(19-23-12)17(22)21-8-7-20(10-13-4-5-13)16-14(11-21)3-2-6-18-16/h2-3,6,9,13H,4-5,7-8,10-11H2,1H3. The van der Waals surface area contributed by atoms with Crippen molar-refractivity contribution in [2.45, 2.75) is 26.3 Å². The fraction of sp³-hybridized carbons (Fsp3) is 0.471. The van der Waals surface area contributed by atoms with Gasteiger partial charge >= 0.3 is 0 Å². The van der Waals surface area contributed by atoms with Crippen LogP contribution >= 0.6 is 0 Å². The number of rotatable bonds is 3. The van der Waals surface area contributed by atoms with Crippen molar-refractivity contribution in [2.24, 2.45) is 5.92 Å². The van der Waals surface area contributed by atoms with Gasteiger partial charge in [0.2, 0.25) is 0 Å². The lowest BCUT2D eigenvalue weighted by Gasteiger charge is -2.23. The topological polar surface area (TPSA) is 62.5 Å². The van der Waals surface area contributed by atoms with Gasteiger partial charge in [-0.3, -0.25) is 4.79 Å². The van der Waals surface area contributed by atoms with E-state index in [1.165, 1.54) is 12.8 Å². The number of pyridine rings is 1. The Morgan fingerprint density at radius 1 is 1.39 bits per heavy atom. The zero-order chi connectivity index (χ0) is 15.8. The van der Waals surface area contributed by atoms with E-state index in [0.29, 0.717) is 24.5 Å². The number of aryl methyl sites for hydroxylation is 1. The number of aromatic nitrogens is 2. The van der Waals surface area contributed by atoms with E-state index in [9.17, 15) is 4.79 Å². The van der Waals surface area contributed by atoms with E-state index >= 15 is 0 Å². The molecule has 3 heterocycles. The maximum atomic E-state index is 12.7. The van der Waals surface area contributed by atoms with Gasteiger partial charge in [0.05, 0.1) is 0 Å². The highest BCUT2D eigenvalue weighted by Crippen LogP contribution is 2.32. The molecule has 0 spiro atoms. The Labute approximate surface area is 135 Å². The number of anilines is 1. The number of fused-ring (bicyclic) bond motifs is 1. The second kappa shape index (κ2) is 5.68. The van der Waals surface area contributed by atoms with Gasteiger partial charge in [0, 0.05) is 44.0 Å². The molecule has 2 aromatic heterocycles. The van der Waals surface area contributed by atoms with Crippen LogP contribution in [0.1, 0.15) is 34.7 Å². The Balaban J connectivity index is 1.59. The molecule has 6 heteroatoms. The minimum Gasteiger partial charge on any atom is -0.361 e. The third kappa shape index (κ3) is 2.93. The van der Waals surface area contributed by atoms with Gasteiger partial charge in [-0.1, -0.05) is 11.2 Å². The predicted molar refractivity (Wildman–Crippen MR) is 85.2 cm³/mol. The number of nitrogens with zero attached hydrogens (tertiary/aromatic N) is 4. The van der Waals surface area contributed by atoms with Crippen molar-refractivity contribution < 1.29 is 9.32 Å². The summed E-state index contributed by atoms with van der Waals surface area (Å²) >= 11 is 0. The van der Waals surface area contributed by atoms with Crippen LogP contribution in [0.15, 0.2) is 28.9 Å². The number of carbonyl (C=O) groups is 1. The monoisotopic (exact) mass is 312 g/mol. The van der Waals surface area contributed by atoms with Crippen LogP contribution in [0.2, 0.25) is 0 Å². The van der Waals surface area contributed by atoms with E-state index in [2.05, 4.69) is 21.1 Å². The van der Waals surface area contributed by atoms with Crippen LogP contribution in [0.5, 0.6) is 0 Å². The molecular formula is C17H20N4O2. The fourth-order valence-electron chi connectivity index (χ4n) is 3.06. The van der Waals surface area contributed by atoms with Crippen molar-refractivity contribution >= 4 is 11.7 Å². The molecular weight excluding hydrogens is 292 g/mol. The number of carbonyl (C=O) groups excluding carboxylic acids is 1.